The SMILES string of the molecule is COc1ccc(-c2cn3cc(C=O)cc(C)c3n2)cc1OC. The number of nitrogens with zero attached hydrogens (tertiary/aromatic N) is 2. The summed E-state index contributed by atoms with van der Waals surface area (Å²) in [6.45, 7) is 1.94. The quantitative estimate of drug-likeness (QED) is 0.694. The van der Waals surface area contributed by atoms with E-state index in [2.05, 4.69) is 4.98 Å². The van der Waals surface area contributed by atoms with Crippen LogP contribution in [0.5, 0.6) is 11.5 Å². The van der Waals surface area contributed by atoms with E-state index >= 15 is 0 Å². The Bertz CT molecular complexity index is 852. The van der Waals surface area contributed by atoms with E-state index in [-0.39, 0.29) is 0 Å². The van der Waals surface area contributed by atoms with Gasteiger partial charge in [0.05, 0.1) is 19.9 Å². The van der Waals surface area contributed by atoms with E-state index in [4.69, 9.17) is 9.47 Å². The van der Waals surface area contributed by atoms with Crippen molar-refractivity contribution in [3.05, 3.63) is 47.8 Å². The minimum atomic E-state index is 0.626. The second kappa shape index (κ2) is 5.52. The Morgan fingerprint density at radius 1 is 1.09 bits per heavy atom. The molecule has 0 aliphatic rings. The molecule has 2 heterocycles. The van der Waals surface area contributed by atoms with Crippen molar-refractivity contribution in [2.24, 2.45) is 0 Å². The van der Waals surface area contributed by atoms with E-state index in [0.717, 1.165) is 28.8 Å². The predicted molar refractivity (Wildman–Crippen MR) is 83.9 cm³/mol. The highest BCUT2D eigenvalue weighted by molar-refractivity contribution is 5.77. The molecule has 0 fully saturated rings. The summed E-state index contributed by atoms with van der Waals surface area (Å²) in [5, 5.41) is 0. The van der Waals surface area contributed by atoms with Crippen molar-refractivity contribution >= 4 is 11.9 Å². The zero-order chi connectivity index (χ0) is 15.7. The molecular weight excluding hydrogens is 280 g/mol. The first-order chi connectivity index (χ1) is 10.7. The molecule has 0 saturated carbocycles. The summed E-state index contributed by atoms with van der Waals surface area (Å²) in [4.78, 5) is 15.6. The molecule has 0 saturated heterocycles. The fourth-order valence-corrected chi connectivity index (χ4v) is 2.50. The van der Waals surface area contributed by atoms with Crippen molar-refractivity contribution in [1.82, 2.24) is 9.38 Å². The monoisotopic (exact) mass is 296 g/mol. The van der Waals surface area contributed by atoms with Crippen LogP contribution in [-0.4, -0.2) is 29.9 Å². The molecule has 0 atom stereocenters. The van der Waals surface area contributed by atoms with E-state index in [9.17, 15) is 4.79 Å². The number of rotatable bonds is 4. The van der Waals surface area contributed by atoms with Crippen LogP contribution in [0.15, 0.2) is 36.7 Å². The summed E-state index contributed by atoms with van der Waals surface area (Å²) in [5.41, 5.74) is 4.15. The van der Waals surface area contributed by atoms with Crippen LogP contribution in [0.25, 0.3) is 16.9 Å². The molecule has 3 aromatic rings. The Hall–Kier alpha value is -2.82. The third-order valence-corrected chi connectivity index (χ3v) is 3.57. The molecule has 0 unspecified atom stereocenters. The highest BCUT2D eigenvalue weighted by atomic mass is 16.5. The lowest BCUT2D eigenvalue weighted by atomic mass is 10.1. The zero-order valence-corrected chi connectivity index (χ0v) is 12.7. The van der Waals surface area contributed by atoms with Crippen molar-refractivity contribution in [2.45, 2.75) is 6.92 Å². The Labute approximate surface area is 128 Å². The summed E-state index contributed by atoms with van der Waals surface area (Å²) < 4.78 is 12.4. The minimum absolute atomic E-state index is 0.626. The number of aryl methyl sites for hydroxylation is 1. The molecule has 22 heavy (non-hydrogen) atoms. The van der Waals surface area contributed by atoms with Gasteiger partial charge in [-0.3, -0.25) is 4.79 Å². The average Bonchev–Trinajstić information content (AvgIpc) is 2.98. The van der Waals surface area contributed by atoms with Crippen molar-refractivity contribution in [3.8, 4) is 22.8 Å². The summed E-state index contributed by atoms with van der Waals surface area (Å²) in [7, 11) is 3.21. The number of ether oxygens (including phenoxy) is 2. The first-order valence-corrected chi connectivity index (χ1v) is 6.83. The molecule has 2 aromatic heterocycles. The Morgan fingerprint density at radius 3 is 2.55 bits per heavy atom. The number of imidazole rings is 1. The normalized spacial score (nSPS) is 10.7. The lowest BCUT2D eigenvalue weighted by Gasteiger charge is -2.08. The van der Waals surface area contributed by atoms with Gasteiger partial charge in [0.2, 0.25) is 0 Å². The lowest BCUT2D eigenvalue weighted by Crippen LogP contribution is -1.91. The molecule has 0 bridgehead atoms. The van der Waals surface area contributed by atoms with Crippen molar-refractivity contribution in [1.29, 1.82) is 0 Å². The van der Waals surface area contributed by atoms with Gasteiger partial charge in [-0.2, -0.15) is 0 Å². The van der Waals surface area contributed by atoms with Gasteiger partial charge in [-0.15, -0.1) is 0 Å². The zero-order valence-electron chi connectivity index (χ0n) is 12.7. The van der Waals surface area contributed by atoms with Gasteiger partial charge >= 0.3 is 0 Å². The minimum Gasteiger partial charge on any atom is -0.493 e. The van der Waals surface area contributed by atoms with Crippen molar-refractivity contribution in [3.63, 3.8) is 0 Å². The second-order valence-electron chi connectivity index (χ2n) is 5.00. The first kappa shape index (κ1) is 14.1. The average molecular weight is 296 g/mol. The van der Waals surface area contributed by atoms with Gasteiger partial charge in [-0.05, 0) is 36.8 Å². The number of aromatic nitrogens is 2. The third-order valence-electron chi connectivity index (χ3n) is 3.57. The highest BCUT2D eigenvalue weighted by Gasteiger charge is 2.11. The number of pyridine rings is 1. The number of hydrogen-bond donors (Lipinski definition) is 0. The van der Waals surface area contributed by atoms with Gasteiger partial charge in [-0.25, -0.2) is 4.98 Å². The van der Waals surface area contributed by atoms with Gasteiger partial charge in [0, 0.05) is 23.5 Å². The van der Waals surface area contributed by atoms with Crippen molar-refractivity contribution in [2.75, 3.05) is 14.2 Å². The summed E-state index contributed by atoms with van der Waals surface area (Å²) in [5.74, 6) is 1.33. The second-order valence-corrected chi connectivity index (χ2v) is 5.00. The maximum atomic E-state index is 11.0. The lowest BCUT2D eigenvalue weighted by molar-refractivity contribution is 0.112. The van der Waals surface area contributed by atoms with Crippen LogP contribution >= 0.6 is 0 Å². The van der Waals surface area contributed by atoms with Gasteiger partial charge in [0.15, 0.2) is 17.8 Å². The van der Waals surface area contributed by atoms with Gasteiger partial charge in [0.1, 0.15) is 5.65 Å². The number of fused-ring (bicyclic) bond motifs is 1. The summed E-state index contributed by atoms with van der Waals surface area (Å²) >= 11 is 0. The number of hydrogen-bond acceptors (Lipinski definition) is 4. The maximum Gasteiger partial charge on any atom is 0.161 e. The van der Waals surface area contributed by atoms with E-state index in [0.29, 0.717) is 17.1 Å². The largest absolute Gasteiger partial charge is 0.493 e. The topological polar surface area (TPSA) is 52.8 Å². The first-order valence-electron chi connectivity index (χ1n) is 6.83. The van der Waals surface area contributed by atoms with Gasteiger partial charge in [-0.1, -0.05) is 0 Å². The summed E-state index contributed by atoms with van der Waals surface area (Å²) in [6, 6.07) is 7.49. The van der Waals surface area contributed by atoms with E-state index in [1.165, 1.54) is 0 Å². The number of carbonyl (C=O) groups excluding carboxylic acids is 1. The molecule has 0 amide bonds. The molecule has 0 N–H and O–H groups in total. The fourth-order valence-electron chi connectivity index (χ4n) is 2.50. The summed E-state index contributed by atoms with van der Waals surface area (Å²) in [6.07, 6.45) is 4.51. The fraction of sp³-hybridized carbons (Fsp3) is 0.176. The third kappa shape index (κ3) is 2.30. The maximum absolute atomic E-state index is 11.0. The molecule has 3 rings (SSSR count). The van der Waals surface area contributed by atoms with E-state index in [1.807, 2.05) is 41.8 Å². The van der Waals surface area contributed by atoms with E-state index < -0.39 is 0 Å². The number of carbonyl (C=O) groups is 1. The number of methoxy groups -OCH3 is 2. The number of benzene rings is 1. The molecule has 5 nitrogen and oxygen atoms in total. The van der Waals surface area contributed by atoms with Gasteiger partial charge in [0.25, 0.3) is 0 Å². The highest BCUT2D eigenvalue weighted by Crippen LogP contribution is 2.32. The van der Waals surface area contributed by atoms with Crippen LogP contribution in [-0.2, 0) is 0 Å². The standard InChI is InChI=1S/C17H16N2O3/c1-11-6-12(10-20)8-19-9-14(18-17(11)19)13-4-5-15(21-2)16(7-13)22-3/h4-10H,1-3H3. The number of aldehydes is 1. The molecule has 0 aliphatic carbocycles. The van der Waals surface area contributed by atoms with Crippen molar-refractivity contribution < 1.29 is 14.3 Å². The van der Waals surface area contributed by atoms with E-state index in [1.54, 1.807) is 20.4 Å². The molecular formula is C17H16N2O3. The van der Waals surface area contributed by atoms with Crippen LogP contribution in [0.4, 0.5) is 0 Å². The molecule has 0 aliphatic heterocycles. The molecule has 0 radical (unpaired) electrons. The molecule has 5 heteroatoms. The van der Waals surface area contributed by atoms with Crippen LogP contribution in [0.1, 0.15) is 15.9 Å². The van der Waals surface area contributed by atoms with Crippen LogP contribution in [0, 0.1) is 6.92 Å². The Kier molecular flexibility index (Phi) is 3.55. The molecule has 0 spiro atoms. The van der Waals surface area contributed by atoms with Crippen LogP contribution in [0.3, 0.4) is 0 Å². The van der Waals surface area contributed by atoms with Crippen LogP contribution in [0.2, 0.25) is 0 Å². The Balaban J connectivity index is 2.14. The molecule has 112 valence electrons. The molecule has 1 aromatic carbocycles. The predicted octanol–water partition coefficient (Wildman–Crippen LogP) is 3.14. The smallest absolute Gasteiger partial charge is 0.161 e. The van der Waals surface area contributed by atoms with Gasteiger partial charge < -0.3 is 13.9 Å². The Morgan fingerprint density at radius 2 is 1.86 bits per heavy atom. The van der Waals surface area contributed by atoms with Crippen LogP contribution < -0.4 is 9.47 Å².